The van der Waals surface area contributed by atoms with Crippen LogP contribution < -0.4 is 27.4 Å². The van der Waals surface area contributed by atoms with E-state index in [1.165, 1.54) is 25.9 Å². The number of nitrogens with zero attached hydrogens (tertiary/aromatic N) is 9. The zero-order chi connectivity index (χ0) is 90.6. The third-order valence-corrected chi connectivity index (χ3v) is 20.0. The lowest BCUT2D eigenvalue weighted by atomic mass is 10.1. The van der Waals surface area contributed by atoms with Crippen LogP contribution >= 0.6 is 0 Å². The van der Waals surface area contributed by atoms with Crippen LogP contribution in [0.3, 0.4) is 0 Å². The van der Waals surface area contributed by atoms with Gasteiger partial charge in [0.15, 0.2) is 0 Å². The molecule has 1 saturated heterocycles. The molecule has 0 saturated carbocycles. The molecule has 1 aliphatic heterocycles. The monoisotopic (exact) mass is 1700 g/mol. The van der Waals surface area contributed by atoms with Gasteiger partial charge in [-0.2, -0.15) is 0 Å². The summed E-state index contributed by atoms with van der Waals surface area (Å²) in [6.07, 6.45) is 18.3. The van der Waals surface area contributed by atoms with Crippen molar-refractivity contribution in [3.63, 3.8) is 0 Å². The second-order valence-electron chi connectivity index (χ2n) is 31.3. The van der Waals surface area contributed by atoms with Gasteiger partial charge in [0, 0.05) is 130 Å². The standard InChI is InChI=1S/C20H25N3O3.C20H31N3O3.C20H24N2O3.C18H22N4O3.C17H26N2O3/c1-3-4-11-23(19(24)13-18-12-15(2)9-10-21-18)14-16-5-7-17(8-6-16)20(25)22-26;1-2-3-15-23(19(24)7-6-14-22-12-4-5-13-22)16-17-8-10-18(11-9-17)20(25)21-26;1-15(2)13-22(19(23)12-16-6-4-3-5-7-16)14-17-8-10-18(11-9-17)20(24)21-25;1-2-3-11-22(17(23)12-16-19-9-4-10-20-16)13-14-5-7-15(8-6-14)18(24)21-25;1-4-5-10-19(16(20)11-13(2)3)12-14-6-8-15(9-7-14)17(21)18-22/h5-10,12,26H,3-4,11,13-14H2,1-2H3,(H,22,25);8-11,26H,2-7,12-16H2,1H3,(H,21,25);3-11,15,25H,12-14H2,1-2H3,(H,21,24);4-10,25H,2-3,11-13H2,1H3,(H,21,24);6-9,13,22H,4-5,10-12H2,1-3H3,(H,18,21). The summed E-state index contributed by atoms with van der Waals surface area (Å²) >= 11 is 0. The molecule has 0 spiro atoms. The predicted octanol–water partition coefficient (Wildman–Crippen LogP) is 13.7. The minimum atomic E-state index is -0.563. The molecule has 0 atom stereocenters. The number of pyridine rings is 1. The highest BCUT2D eigenvalue weighted by Crippen LogP contribution is 2.20. The van der Waals surface area contributed by atoms with Crippen LogP contribution in [-0.4, -0.2) is 182 Å². The molecule has 29 nitrogen and oxygen atoms in total. The maximum Gasteiger partial charge on any atom is 0.274 e. The van der Waals surface area contributed by atoms with E-state index in [4.69, 9.17) is 26.0 Å². The highest BCUT2D eigenvalue weighted by Gasteiger charge is 2.23. The maximum atomic E-state index is 12.7. The van der Waals surface area contributed by atoms with Gasteiger partial charge < -0.3 is 29.4 Å². The molecule has 1 aliphatic rings. The Labute approximate surface area is 729 Å². The van der Waals surface area contributed by atoms with Crippen molar-refractivity contribution in [2.75, 3.05) is 52.4 Å². The van der Waals surface area contributed by atoms with Crippen molar-refractivity contribution in [2.45, 2.75) is 198 Å². The summed E-state index contributed by atoms with van der Waals surface area (Å²) in [6.45, 7) is 28.0. The fourth-order valence-corrected chi connectivity index (χ4v) is 13.1. The highest BCUT2D eigenvalue weighted by molar-refractivity contribution is 5.95. The van der Waals surface area contributed by atoms with Crippen molar-refractivity contribution >= 4 is 59.1 Å². The predicted molar refractivity (Wildman–Crippen MR) is 473 cm³/mol. The fraction of sp³-hybridized carbons (Fsp3) is 0.421. The quantitative estimate of drug-likeness (QED) is 0.0126. The molecule has 8 aromatic rings. The van der Waals surface area contributed by atoms with Gasteiger partial charge >= 0.3 is 0 Å². The molecule has 10 amide bonds. The van der Waals surface area contributed by atoms with Crippen LogP contribution in [0, 0.1) is 18.8 Å². The first-order valence-electron chi connectivity index (χ1n) is 42.8. The number of aromatic nitrogens is 3. The number of amides is 10. The van der Waals surface area contributed by atoms with Gasteiger partial charge in [0.25, 0.3) is 29.5 Å². The van der Waals surface area contributed by atoms with Crippen molar-refractivity contribution in [1.29, 1.82) is 0 Å². The van der Waals surface area contributed by atoms with E-state index < -0.39 is 29.5 Å². The summed E-state index contributed by atoms with van der Waals surface area (Å²) in [7, 11) is 0. The number of carbonyl (C=O) groups is 10. The topological polar surface area (TPSA) is 390 Å². The lowest BCUT2D eigenvalue weighted by Crippen LogP contribution is -2.34. The van der Waals surface area contributed by atoms with Gasteiger partial charge in [-0.25, -0.2) is 37.4 Å². The molecule has 1 fully saturated rings. The Balaban J connectivity index is 0.000000276. The highest BCUT2D eigenvalue weighted by atomic mass is 16.5. The second kappa shape index (κ2) is 58.1. The van der Waals surface area contributed by atoms with Crippen LogP contribution in [0.1, 0.15) is 241 Å². The molecule has 0 radical (unpaired) electrons. The van der Waals surface area contributed by atoms with Crippen LogP contribution in [0.4, 0.5) is 0 Å². The SMILES string of the molecule is CC(C)CN(Cc1ccc(C(=O)NO)cc1)C(=O)Cc1ccccc1.CCCCN(Cc1ccc(C(=O)NO)cc1)C(=O)CC(C)C.CCCCN(Cc1ccc(C(=O)NO)cc1)C(=O)CCCN1CCCC1.CCCCN(Cc1ccc(C(=O)NO)cc1)C(=O)Cc1cc(C)ccn1.CCCCN(Cc1ccc(C(=O)NO)cc1)C(=O)Cc1ncccn1. The Morgan fingerprint density at radius 3 is 1.04 bits per heavy atom. The molecule has 2 aromatic heterocycles. The number of hydrogen-bond donors (Lipinski definition) is 10. The molecular formula is C95H128N14O15. The normalized spacial score (nSPS) is 11.3. The van der Waals surface area contributed by atoms with Gasteiger partial charge in [0.2, 0.25) is 29.5 Å². The van der Waals surface area contributed by atoms with Crippen LogP contribution in [-0.2, 0) is 76.0 Å². The number of carbonyl (C=O) groups excluding carboxylic acids is 10. The molecule has 3 heterocycles. The van der Waals surface area contributed by atoms with Gasteiger partial charge in [-0.15, -0.1) is 0 Å². The molecule has 29 heteroatoms. The fourth-order valence-electron chi connectivity index (χ4n) is 13.1. The average molecular weight is 1710 g/mol. The van der Waals surface area contributed by atoms with Gasteiger partial charge in [0.1, 0.15) is 5.82 Å². The van der Waals surface area contributed by atoms with E-state index in [1.807, 2.05) is 107 Å². The zero-order valence-corrected chi connectivity index (χ0v) is 73.4. The average Bonchev–Trinajstić information content (AvgIpc) is 1.78. The van der Waals surface area contributed by atoms with E-state index in [1.54, 1.807) is 154 Å². The summed E-state index contributed by atoms with van der Waals surface area (Å²) in [5.41, 5.74) is 17.5. The lowest BCUT2D eigenvalue weighted by Gasteiger charge is -2.25. The molecule has 9 rings (SSSR count). The van der Waals surface area contributed by atoms with Crippen molar-refractivity contribution < 1.29 is 74.0 Å². The Kier molecular flexibility index (Phi) is 48.1. The molecule has 668 valence electrons. The Morgan fingerprint density at radius 2 is 0.702 bits per heavy atom. The Bertz CT molecular complexity index is 4500. The molecule has 10 N–H and O–H groups in total. The first kappa shape index (κ1) is 103. The van der Waals surface area contributed by atoms with Crippen molar-refractivity contribution in [3.05, 3.63) is 267 Å². The number of hydrogen-bond acceptors (Lipinski definition) is 19. The molecular weight excluding hydrogens is 1580 g/mol. The summed E-state index contributed by atoms with van der Waals surface area (Å²) in [4.78, 5) is 144. The van der Waals surface area contributed by atoms with E-state index in [0.29, 0.717) is 117 Å². The summed E-state index contributed by atoms with van der Waals surface area (Å²) in [6, 6.07) is 49.7. The van der Waals surface area contributed by atoms with Crippen molar-refractivity contribution in [1.82, 2.24) is 71.8 Å². The van der Waals surface area contributed by atoms with E-state index in [-0.39, 0.29) is 42.4 Å². The number of unbranched alkanes of at least 4 members (excludes halogenated alkanes) is 4. The van der Waals surface area contributed by atoms with E-state index in [2.05, 4.69) is 61.4 Å². The van der Waals surface area contributed by atoms with Crippen molar-refractivity contribution in [3.8, 4) is 0 Å². The van der Waals surface area contributed by atoms with Crippen LogP contribution in [0.15, 0.2) is 188 Å². The second-order valence-corrected chi connectivity index (χ2v) is 31.3. The molecule has 0 aliphatic carbocycles. The number of likely N-dealkylation sites (tertiary alicyclic amines) is 1. The van der Waals surface area contributed by atoms with Gasteiger partial charge in [-0.05, 0) is 201 Å². The number of aryl methyl sites for hydroxylation is 1. The number of benzene rings is 6. The zero-order valence-electron chi connectivity index (χ0n) is 73.4. The van der Waals surface area contributed by atoms with Crippen LogP contribution in [0.25, 0.3) is 0 Å². The minimum absolute atomic E-state index is 0.0307. The minimum Gasteiger partial charge on any atom is -0.338 e. The van der Waals surface area contributed by atoms with Gasteiger partial charge in [-0.1, -0.05) is 172 Å². The van der Waals surface area contributed by atoms with Crippen LogP contribution in [0.2, 0.25) is 0 Å². The van der Waals surface area contributed by atoms with Crippen molar-refractivity contribution in [2.24, 2.45) is 11.8 Å². The van der Waals surface area contributed by atoms with E-state index in [9.17, 15) is 47.9 Å². The molecule has 0 unspecified atom stereocenters. The summed E-state index contributed by atoms with van der Waals surface area (Å²) in [5.74, 6) is -1.07. The smallest absolute Gasteiger partial charge is 0.274 e. The van der Waals surface area contributed by atoms with Gasteiger partial charge in [0.05, 0.1) is 19.3 Å². The molecule has 6 aromatic carbocycles. The van der Waals surface area contributed by atoms with E-state index in [0.717, 1.165) is 122 Å². The summed E-state index contributed by atoms with van der Waals surface area (Å²) in [5, 5.41) is 43.3. The Morgan fingerprint density at radius 1 is 0.363 bits per heavy atom. The first-order chi connectivity index (χ1) is 59.8. The lowest BCUT2D eigenvalue weighted by molar-refractivity contribution is -0.133. The number of rotatable bonds is 41. The maximum absolute atomic E-state index is 12.7. The van der Waals surface area contributed by atoms with Crippen LogP contribution in [0.5, 0.6) is 0 Å². The van der Waals surface area contributed by atoms with E-state index >= 15 is 0 Å². The number of nitrogens with one attached hydrogen (secondary N) is 5. The molecule has 124 heavy (non-hydrogen) atoms. The third-order valence-electron chi connectivity index (χ3n) is 20.0. The number of hydroxylamine groups is 5. The first-order valence-corrected chi connectivity index (χ1v) is 42.8. The summed E-state index contributed by atoms with van der Waals surface area (Å²) < 4.78 is 0. The Hall–Kier alpha value is -12.0. The molecule has 0 bridgehead atoms. The van der Waals surface area contributed by atoms with Gasteiger partial charge in [-0.3, -0.25) is 79.0 Å². The third kappa shape index (κ3) is 39.0. The largest absolute Gasteiger partial charge is 0.338 e.